The summed E-state index contributed by atoms with van der Waals surface area (Å²) in [4.78, 5) is 28.9. The fourth-order valence-electron chi connectivity index (χ4n) is 4.20. The lowest BCUT2D eigenvalue weighted by molar-refractivity contribution is -0.141. The molecular weight excluding hydrogens is 464 g/mol. The molecule has 7 nitrogen and oxygen atoms in total. The molecule has 0 bridgehead atoms. The molecule has 190 valence electrons. The third kappa shape index (κ3) is 6.64. The van der Waals surface area contributed by atoms with Crippen LogP contribution in [0.5, 0.6) is 5.75 Å². The number of rotatable bonds is 12. The molecule has 0 saturated heterocycles. The second-order valence-electron chi connectivity index (χ2n) is 9.02. The number of allylic oxidation sites excluding steroid dienone is 2. The molecule has 3 aromatic rings. The van der Waals surface area contributed by atoms with Gasteiger partial charge >= 0.3 is 0 Å². The Bertz CT molecular complexity index is 1270. The van der Waals surface area contributed by atoms with E-state index in [2.05, 4.69) is 18.5 Å². The largest absolute Gasteiger partial charge is 0.508 e. The fraction of sp³-hybridized carbons (Fsp3) is 0.233. The summed E-state index contributed by atoms with van der Waals surface area (Å²) in [6, 6.07) is 17.4. The lowest BCUT2D eigenvalue weighted by Gasteiger charge is -2.30. The topological polar surface area (TPSA) is 87.5 Å². The van der Waals surface area contributed by atoms with E-state index in [4.69, 9.17) is 5.10 Å². The van der Waals surface area contributed by atoms with Crippen LogP contribution in [0, 0.1) is 0 Å². The van der Waals surface area contributed by atoms with Crippen molar-refractivity contribution in [2.45, 2.75) is 37.8 Å². The molecule has 1 aliphatic rings. The van der Waals surface area contributed by atoms with Gasteiger partial charge in [0.2, 0.25) is 11.8 Å². The SMILES string of the molecule is C=C/C=C(\C=C)CNC(=O)C(c1ccn(-c2ccccc2)n1)N(C(=O)CCc1ccc(O)cc1)C1CC1. The van der Waals surface area contributed by atoms with Crippen LogP contribution in [-0.2, 0) is 16.0 Å². The minimum Gasteiger partial charge on any atom is -0.508 e. The normalized spacial score (nSPS) is 14.0. The minimum atomic E-state index is -0.862. The number of para-hydroxylation sites is 1. The van der Waals surface area contributed by atoms with E-state index in [9.17, 15) is 14.7 Å². The lowest BCUT2D eigenvalue weighted by Crippen LogP contribution is -2.45. The molecule has 2 N–H and O–H groups in total. The number of amides is 2. The van der Waals surface area contributed by atoms with Crippen molar-refractivity contribution in [1.29, 1.82) is 0 Å². The highest BCUT2D eigenvalue weighted by Gasteiger charge is 2.42. The number of hydrogen-bond acceptors (Lipinski definition) is 4. The van der Waals surface area contributed by atoms with Crippen LogP contribution in [-0.4, -0.2) is 44.2 Å². The molecule has 0 radical (unpaired) electrons. The Morgan fingerprint density at radius 1 is 1.11 bits per heavy atom. The standard InChI is InChI=1S/C30H32N4O3/c1-3-8-22(4-2)21-31-30(37)29(27-19-20-33(32-27)24-9-6-5-7-10-24)34(25-14-15-25)28(36)18-13-23-11-16-26(35)17-12-23/h3-12,16-17,19-20,25,29,35H,1-2,13-15,18,21H2,(H,31,37)/b22-8+. The third-order valence-corrected chi connectivity index (χ3v) is 6.29. The molecule has 2 aromatic carbocycles. The maximum atomic E-state index is 13.6. The van der Waals surface area contributed by atoms with Crippen molar-refractivity contribution in [1.82, 2.24) is 20.0 Å². The molecule has 0 spiro atoms. The summed E-state index contributed by atoms with van der Waals surface area (Å²) >= 11 is 0. The van der Waals surface area contributed by atoms with Crippen LogP contribution in [0.3, 0.4) is 0 Å². The predicted octanol–water partition coefficient (Wildman–Crippen LogP) is 4.66. The predicted molar refractivity (Wildman–Crippen MR) is 144 cm³/mol. The number of benzene rings is 2. The van der Waals surface area contributed by atoms with Gasteiger partial charge in [-0.25, -0.2) is 4.68 Å². The zero-order valence-corrected chi connectivity index (χ0v) is 20.8. The fourth-order valence-corrected chi connectivity index (χ4v) is 4.20. The Morgan fingerprint density at radius 3 is 2.49 bits per heavy atom. The van der Waals surface area contributed by atoms with Crippen LogP contribution in [0.2, 0.25) is 0 Å². The minimum absolute atomic E-state index is 0.00691. The van der Waals surface area contributed by atoms with Crippen LogP contribution in [0.1, 0.15) is 36.6 Å². The highest BCUT2D eigenvalue weighted by atomic mass is 16.3. The van der Waals surface area contributed by atoms with Crippen molar-refractivity contribution >= 4 is 11.8 Å². The number of carbonyl (C=O) groups excluding carboxylic acids is 2. The second-order valence-corrected chi connectivity index (χ2v) is 9.02. The summed E-state index contributed by atoms with van der Waals surface area (Å²) in [5, 5.41) is 17.2. The van der Waals surface area contributed by atoms with E-state index in [1.54, 1.807) is 58.1 Å². The first-order chi connectivity index (χ1) is 18.0. The van der Waals surface area contributed by atoms with Gasteiger partial charge in [0.05, 0.1) is 11.4 Å². The first kappa shape index (κ1) is 25.7. The van der Waals surface area contributed by atoms with E-state index in [0.29, 0.717) is 12.1 Å². The van der Waals surface area contributed by atoms with Crippen LogP contribution in [0.15, 0.2) is 104 Å². The summed E-state index contributed by atoms with van der Waals surface area (Å²) in [5.74, 6) is -0.208. The van der Waals surface area contributed by atoms with Crippen molar-refractivity contribution in [2.24, 2.45) is 0 Å². The number of phenols is 1. The Kier molecular flexibility index (Phi) is 8.36. The van der Waals surface area contributed by atoms with Gasteiger partial charge in [0.25, 0.3) is 0 Å². The molecule has 1 saturated carbocycles. The molecule has 7 heteroatoms. The Labute approximate surface area is 217 Å². The molecule has 1 aliphatic carbocycles. The van der Waals surface area contributed by atoms with Crippen LogP contribution < -0.4 is 5.32 Å². The van der Waals surface area contributed by atoms with Crippen LogP contribution in [0.25, 0.3) is 5.69 Å². The van der Waals surface area contributed by atoms with Gasteiger partial charge in [0.15, 0.2) is 6.04 Å². The number of nitrogens with one attached hydrogen (secondary N) is 1. The molecular formula is C30H32N4O3. The number of nitrogens with zero attached hydrogens (tertiary/aromatic N) is 3. The van der Waals surface area contributed by atoms with Gasteiger partial charge in [-0.3, -0.25) is 9.59 Å². The van der Waals surface area contributed by atoms with Gasteiger partial charge in [0, 0.05) is 25.2 Å². The van der Waals surface area contributed by atoms with E-state index in [1.165, 1.54) is 0 Å². The smallest absolute Gasteiger partial charge is 0.249 e. The average molecular weight is 497 g/mol. The van der Waals surface area contributed by atoms with Crippen molar-refractivity contribution in [3.63, 3.8) is 0 Å². The number of aromatic nitrogens is 2. The maximum absolute atomic E-state index is 13.6. The molecule has 1 heterocycles. The van der Waals surface area contributed by atoms with Crippen molar-refractivity contribution in [2.75, 3.05) is 6.54 Å². The molecule has 1 unspecified atom stereocenters. The van der Waals surface area contributed by atoms with Gasteiger partial charge in [-0.1, -0.05) is 61.7 Å². The van der Waals surface area contributed by atoms with Gasteiger partial charge in [0.1, 0.15) is 5.75 Å². The van der Waals surface area contributed by atoms with Gasteiger partial charge in [-0.2, -0.15) is 5.10 Å². The molecule has 0 aliphatic heterocycles. The number of phenolic OH excluding ortho intramolecular Hbond substituents is 1. The zero-order valence-electron chi connectivity index (χ0n) is 20.8. The summed E-state index contributed by atoms with van der Waals surface area (Å²) < 4.78 is 1.72. The van der Waals surface area contributed by atoms with E-state index in [1.807, 2.05) is 36.5 Å². The summed E-state index contributed by atoms with van der Waals surface area (Å²) in [7, 11) is 0. The molecule has 37 heavy (non-hydrogen) atoms. The van der Waals surface area contributed by atoms with Crippen molar-refractivity contribution in [3.8, 4) is 11.4 Å². The number of aromatic hydroxyl groups is 1. The van der Waals surface area contributed by atoms with E-state index >= 15 is 0 Å². The maximum Gasteiger partial charge on any atom is 0.249 e. The van der Waals surface area contributed by atoms with E-state index < -0.39 is 6.04 Å². The monoisotopic (exact) mass is 496 g/mol. The Hall–Kier alpha value is -4.39. The van der Waals surface area contributed by atoms with Crippen LogP contribution in [0.4, 0.5) is 0 Å². The van der Waals surface area contributed by atoms with Gasteiger partial charge < -0.3 is 15.3 Å². The number of carbonyl (C=O) groups is 2. The first-order valence-electron chi connectivity index (χ1n) is 12.4. The lowest BCUT2D eigenvalue weighted by atomic mass is 10.1. The van der Waals surface area contributed by atoms with Crippen molar-refractivity contribution in [3.05, 3.63) is 115 Å². The summed E-state index contributed by atoms with van der Waals surface area (Å²) in [6.45, 7) is 7.77. The first-order valence-corrected chi connectivity index (χ1v) is 12.4. The highest BCUT2D eigenvalue weighted by molar-refractivity contribution is 5.89. The third-order valence-electron chi connectivity index (χ3n) is 6.29. The molecule has 1 atom stereocenters. The van der Waals surface area contributed by atoms with Crippen molar-refractivity contribution < 1.29 is 14.7 Å². The molecule has 1 aromatic heterocycles. The molecule has 4 rings (SSSR count). The quantitative estimate of drug-likeness (QED) is 0.357. The molecule has 1 fully saturated rings. The number of aryl methyl sites for hydroxylation is 1. The number of hydrogen-bond donors (Lipinski definition) is 2. The van der Waals surface area contributed by atoms with E-state index in [0.717, 1.165) is 29.7 Å². The Balaban J connectivity index is 1.61. The summed E-state index contributed by atoms with van der Waals surface area (Å²) in [5.41, 5.74) is 3.14. The highest BCUT2D eigenvalue weighted by Crippen LogP contribution is 2.35. The zero-order chi connectivity index (χ0) is 26.2. The second kappa shape index (κ2) is 12.0. The summed E-state index contributed by atoms with van der Waals surface area (Å²) in [6.07, 6.45) is 9.37. The van der Waals surface area contributed by atoms with Crippen LogP contribution >= 0.6 is 0 Å². The van der Waals surface area contributed by atoms with E-state index in [-0.39, 0.29) is 36.6 Å². The van der Waals surface area contributed by atoms with Gasteiger partial charge in [-0.05, 0) is 60.7 Å². The Morgan fingerprint density at radius 2 is 1.84 bits per heavy atom. The average Bonchev–Trinajstić information content (AvgIpc) is 3.64. The molecule has 2 amide bonds. The van der Waals surface area contributed by atoms with Gasteiger partial charge in [-0.15, -0.1) is 0 Å².